The molecular formula is C20H21N3O3. The van der Waals surface area contributed by atoms with Crippen molar-refractivity contribution in [1.29, 1.82) is 0 Å². The summed E-state index contributed by atoms with van der Waals surface area (Å²) in [6.45, 7) is 2.38. The lowest BCUT2D eigenvalue weighted by molar-refractivity contribution is -0.128. The highest BCUT2D eigenvalue weighted by Gasteiger charge is 2.34. The molecule has 1 atom stereocenters. The summed E-state index contributed by atoms with van der Waals surface area (Å²) in [7, 11) is 0. The van der Waals surface area contributed by atoms with Gasteiger partial charge in [-0.25, -0.2) is 0 Å². The molecule has 1 saturated heterocycles. The molecule has 134 valence electrons. The summed E-state index contributed by atoms with van der Waals surface area (Å²) in [5.74, 6) is -0.679. The first-order valence-corrected chi connectivity index (χ1v) is 8.51. The minimum atomic E-state index is -0.360. The van der Waals surface area contributed by atoms with Crippen LogP contribution in [0.4, 0.5) is 11.4 Å². The lowest BCUT2D eigenvalue weighted by atomic mass is 10.1. The highest BCUT2D eigenvalue weighted by atomic mass is 16.2. The lowest BCUT2D eigenvalue weighted by Gasteiger charge is -2.16. The molecule has 0 spiro atoms. The Balaban J connectivity index is 1.57. The third-order valence-corrected chi connectivity index (χ3v) is 4.27. The molecule has 3 amide bonds. The van der Waals surface area contributed by atoms with Crippen molar-refractivity contribution in [3.63, 3.8) is 0 Å². The number of carbonyl (C=O) groups excluding carboxylic acids is 3. The Morgan fingerprint density at radius 1 is 1.00 bits per heavy atom. The number of benzene rings is 2. The maximum atomic E-state index is 12.5. The minimum Gasteiger partial charge on any atom is -0.338 e. The Morgan fingerprint density at radius 3 is 2.23 bits per heavy atom. The molecule has 6 nitrogen and oxygen atoms in total. The second-order valence-electron chi connectivity index (χ2n) is 6.41. The molecule has 2 aromatic rings. The molecule has 0 aliphatic carbocycles. The van der Waals surface area contributed by atoms with Crippen molar-refractivity contribution in [3.8, 4) is 0 Å². The fourth-order valence-electron chi connectivity index (χ4n) is 2.99. The number of hydrogen-bond acceptors (Lipinski definition) is 3. The standard InChI is InChI=1S/C20H21N3O3/c1-14(24)21-17-7-9-18(10-8-17)22-20(26)16-11-19(25)23(13-16)12-15-5-3-2-4-6-15/h2-10,16H,11-13H2,1H3,(H,21,24)(H,22,26)/t16-/m0/s1. The predicted octanol–water partition coefficient (Wildman–Crippen LogP) is 2.63. The Hall–Kier alpha value is -3.15. The topological polar surface area (TPSA) is 78.5 Å². The molecule has 0 bridgehead atoms. The van der Waals surface area contributed by atoms with Crippen LogP contribution in [-0.2, 0) is 20.9 Å². The summed E-state index contributed by atoms with van der Waals surface area (Å²) in [6.07, 6.45) is 0.225. The van der Waals surface area contributed by atoms with Crippen LogP contribution in [0.1, 0.15) is 18.9 Å². The molecule has 1 aliphatic rings. The number of nitrogens with zero attached hydrogens (tertiary/aromatic N) is 1. The van der Waals surface area contributed by atoms with Gasteiger partial charge in [0.1, 0.15) is 0 Å². The summed E-state index contributed by atoms with van der Waals surface area (Å²) < 4.78 is 0. The van der Waals surface area contributed by atoms with Crippen LogP contribution < -0.4 is 10.6 Å². The third-order valence-electron chi connectivity index (χ3n) is 4.27. The van der Waals surface area contributed by atoms with E-state index in [1.807, 2.05) is 30.3 Å². The Bertz CT molecular complexity index is 803. The summed E-state index contributed by atoms with van der Waals surface area (Å²) in [5, 5.41) is 5.51. The SMILES string of the molecule is CC(=O)Nc1ccc(NC(=O)[C@H]2CC(=O)N(Cc3ccccc3)C2)cc1. The van der Waals surface area contributed by atoms with Gasteiger partial charge in [-0.2, -0.15) is 0 Å². The van der Waals surface area contributed by atoms with Gasteiger partial charge in [-0.15, -0.1) is 0 Å². The van der Waals surface area contributed by atoms with E-state index >= 15 is 0 Å². The van der Waals surface area contributed by atoms with Crippen LogP contribution in [0, 0.1) is 5.92 Å². The molecule has 1 heterocycles. The molecule has 1 fully saturated rings. The zero-order valence-electron chi connectivity index (χ0n) is 14.6. The Kier molecular flexibility index (Phi) is 5.31. The average Bonchev–Trinajstić information content (AvgIpc) is 2.98. The van der Waals surface area contributed by atoms with Gasteiger partial charge in [0, 0.05) is 37.8 Å². The molecule has 6 heteroatoms. The van der Waals surface area contributed by atoms with Crippen molar-refractivity contribution < 1.29 is 14.4 Å². The monoisotopic (exact) mass is 351 g/mol. The maximum absolute atomic E-state index is 12.5. The zero-order valence-corrected chi connectivity index (χ0v) is 14.6. The van der Waals surface area contributed by atoms with Crippen LogP contribution in [0.5, 0.6) is 0 Å². The largest absolute Gasteiger partial charge is 0.338 e. The van der Waals surface area contributed by atoms with E-state index in [9.17, 15) is 14.4 Å². The molecule has 0 aromatic heterocycles. The smallest absolute Gasteiger partial charge is 0.229 e. The zero-order chi connectivity index (χ0) is 18.5. The minimum absolute atomic E-state index is 0.00462. The molecule has 2 N–H and O–H groups in total. The second kappa shape index (κ2) is 7.82. The summed E-state index contributed by atoms with van der Waals surface area (Å²) in [6, 6.07) is 16.6. The molecular weight excluding hydrogens is 330 g/mol. The summed E-state index contributed by atoms with van der Waals surface area (Å²) in [5.41, 5.74) is 2.36. The number of rotatable bonds is 5. The molecule has 3 rings (SSSR count). The fraction of sp³-hybridized carbons (Fsp3) is 0.250. The van der Waals surface area contributed by atoms with Crippen molar-refractivity contribution in [2.24, 2.45) is 5.92 Å². The first-order chi connectivity index (χ1) is 12.5. The number of hydrogen-bond donors (Lipinski definition) is 2. The normalized spacial score (nSPS) is 16.4. The lowest BCUT2D eigenvalue weighted by Crippen LogP contribution is -2.28. The van der Waals surface area contributed by atoms with Gasteiger partial charge in [0.05, 0.1) is 5.92 Å². The van der Waals surface area contributed by atoms with Gasteiger partial charge in [0.2, 0.25) is 17.7 Å². The van der Waals surface area contributed by atoms with Crippen molar-refractivity contribution in [3.05, 3.63) is 60.2 Å². The van der Waals surface area contributed by atoms with E-state index in [0.717, 1.165) is 5.56 Å². The van der Waals surface area contributed by atoms with Crippen LogP contribution in [0.25, 0.3) is 0 Å². The van der Waals surface area contributed by atoms with Crippen LogP contribution in [0.2, 0.25) is 0 Å². The third kappa shape index (κ3) is 4.47. The number of anilines is 2. The van der Waals surface area contributed by atoms with Crippen molar-refractivity contribution in [2.75, 3.05) is 17.2 Å². The van der Waals surface area contributed by atoms with Gasteiger partial charge in [-0.05, 0) is 29.8 Å². The number of carbonyl (C=O) groups is 3. The summed E-state index contributed by atoms with van der Waals surface area (Å²) >= 11 is 0. The van der Waals surface area contributed by atoms with E-state index < -0.39 is 0 Å². The number of nitrogens with one attached hydrogen (secondary N) is 2. The van der Waals surface area contributed by atoms with Gasteiger partial charge < -0.3 is 15.5 Å². The van der Waals surface area contributed by atoms with Crippen LogP contribution in [0.3, 0.4) is 0 Å². The first-order valence-electron chi connectivity index (χ1n) is 8.51. The van der Waals surface area contributed by atoms with E-state index in [-0.39, 0.29) is 30.1 Å². The van der Waals surface area contributed by atoms with Crippen LogP contribution in [0.15, 0.2) is 54.6 Å². The first kappa shape index (κ1) is 17.7. The van der Waals surface area contributed by atoms with Crippen molar-refractivity contribution in [2.45, 2.75) is 19.9 Å². The highest BCUT2D eigenvalue weighted by Crippen LogP contribution is 2.22. The van der Waals surface area contributed by atoms with Gasteiger partial charge in [-0.3, -0.25) is 14.4 Å². The quantitative estimate of drug-likeness (QED) is 0.869. The molecule has 1 aliphatic heterocycles. The fourth-order valence-corrected chi connectivity index (χ4v) is 2.99. The van der Waals surface area contributed by atoms with Crippen LogP contribution in [-0.4, -0.2) is 29.2 Å². The van der Waals surface area contributed by atoms with Crippen molar-refractivity contribution in [1.82, 2.24) is 4.90 Å². The van der Waals surface area contributed by atoms with E-state index in [2.05, 4.69) is 10.6 Å². The van der Waals surface area contributed by atoms with Gasteiger partial charge >= 0.3 is 0 Å². The van der Waals surface area contributed by atoms with E-state index in [1.54, 1.807) is 29.2 Å². The van der Waals surface area contributed by atoms with E-state index in [4.69, 9.17) is 0 Å². The molecule has 0 radical (unpaired) electrons. The highest BCUT2D eigenvalue weighted by molar-refractivity contribution is 5.97. The van der Waals surface area contributed by atoms with Crippen LogP contribution >= 0.6 is 0 Å². The maximum Gasteiger partial charge on any atom is 0.229 e. The molecule has 0 unspecified atom stereocenters. The summed E-state index contributed by atoms with van der Waals surface area (Å²) in [4.78, 5) is 37.4. The molecule has 2 aromatic carbocycles. The second-order valence-corrected chi connectivity index (χ2v) is 6.41. The average molecular weight is 351 g/mol. The van der Waals surface area contributed by atoms with E-state index in [0.29, 0.717) is 24.5 Å². The van der Waals surface area contributed by atoms with E-state index in [1.165, 1.54) is 6.92 Å². The predicted molar refractivity (Wildman–Crippen MR) is 99.3 cm³/mol. The van der Waals surface area contributed by atoms with Gasteiger partial charge in [-0.1, -0.05) is 30.3 Å². The van der Waals surface area contributed by atoms with Crippen molar-refractivity contribution >= 4 is 29.1 Å². The van der Waals surface area contributed by atoms with Gasteiger partial charge in [0.25, 0.3) is 0 Å². The number of likely N-dealkylation sites (tertiary alicyclic amines) is 1. The molecule has 0 saturated carbocycles. The Labute approximate surface area is 152 Å². The number of amides is 3. The van der Waals surface area contributed by atoms with Gasteiger partial charge in [0.15, 0.2) is 0 Å². The Morgan fingerprint density at radius 2 is 1.62 bits per heavy atom. The molecule has 26 heavy (non-hydrogen) atoms.